The van der Waals surface area contributed by atoms with Crippen molar-refractivity contribution in [1.29, 1.82) is 0 Å². The number of hydrogen-bond acceptors (Lipinski definition) is 7. The van der Waals surface area contributed by atoms with Crippen LogP contribution in [0.4, 0.5) is 0 Å². The van der Waals surface area contributed by atoms with Crippen molar-refractivity contribution in [3.63, 3.8) is 0 Å². The normalized spacial score (nSPS) is 11.6. The Morgan fingerprint density at radius 1 is 0.769 bits per heavy atom. The Balaban J connectivity index is 1.54. The summed E-state index contributed by atoms with van der Waals surface area (Å²) >= 11 is 0. The molecule has 0 bridgehead atoms. The maximum absolute atomic E-state index is 12.9. The SMILES string of the molecule is NS(=O)(=O)c1ccc(C(=O)N[C@H](Cc2ccccc2)C(=O)NCC(=O)NCC(=O)OCc2ccccc2)cc1. The Kier molecular flexibility index (Phi) is 10.3. The molecule has 0 radical (unpaired) electrons. The molecule has 0 aromatic heterocycles. The number of primary sulfonamides is 1. The van der Waals surface area contributed by atoms with Crippen LogP contribution in [0, 0.1) is 0 Å². The number of carbonyl (C=O) groups excluding carboxylic acids is 4. The zero-order valence-electron chi connectivity index (χ0n) is 20.8. The number of rotatable bonds is 12. The van der Waals surface area contributed by atoms with E-state index in [9.17, 15) is 27.6 Å². The molecule has 0 aliphatic heterocycles. The summed E-state index contributed by atoms with van der Waals surface area (Å²) in [6, 6.07) is 21.8. The molecule has 204 valence electrons. The predicted octanol–water partition coefficient (Wildman–Crippen LogP) is 0.651. The molecule has 3 aromatic carbocycles. The van der Waals surface area contributed by atoms with Gasteiger partial charge < -0.3 is 20.7 Å². The van der Waals surface area contributed by atoms with Crippen LogP contribution in [0.1, 0.15) is 21.5 Å². The molecule has 3 aromatic rings. The van der Waals surface area contributed by atoms with Gasteiger partial charge in [-0.3, -0.25) is 19.2 Å². The third-order valence-electron chi connectivity index (χ3n) is 5.45. The highest BCUT2D eigenvalue weighted by Crippen LogP contribution is 2.10. The van der Waals surface area contributed by atoms with E-state index in [2.05, 4.69) is 16.0 Å². The van der Waals surface area contributed by atoms with Gasteiger partial charge in [0.25, 0.3) is 5.91 Å². The molecule has 11 nitrogen and oxygen atoms in total. The Morgan fingerprint density at radius 3 is 1.95 bits per heavy atom. The van der Waals surface area contributed by atoms with Crippen molar-refractivity contribution in [3.8, 4) is 0 Å². The number of esters is 1. The maximum Gasteiger partial charge on any atom is 0.325 e. The van der Waals surface area contributed by atoms with Crippen molar-refractivity contribution in [3.05, 3.63) is 102 Å². The fourth-order valence-corrected chi connectivity index (χ4v) is 3.93. The third-order valence-corrected chi connectivity index (χ3v) is 6.37. The molecule has 3 rings (SSSR count). The zero-order valence-corrected chi connectivity index (χ0v) is 21.6. The van der Waals surface area contributed by atoms with Gasteiger partial charge in [0.2, 0.25) is 21.8 Å². The van der Waals surface area contributed by atoms with Gasteiger partial charge >= 0.3 is 5.97 Å². The Bertz CT molecular complexity index is 1400. The number of sulfonamides is 1. The predicted molar refractivity (Wildman–Crippen MR) is 141 cm³/mol. The first kappa shape index (κ1) is 29.0. The van der Waals surface area contributed by atoms with E-state index in [0.717, 1.165) is 11.1 Å². The summed E-state index contributed by atoms with van der Waals surface area (Å²) in [5, 5.41) is 12.5. The van der Waals surface area contributed by atoms with Gasteiger partial charge in [-0.25, -0.2) is 13.6 Å². The first-order valence-electron chi connectivity index (χ1n) is 11.8. The third kappa shape index (κ3) is 9.68. The number of amides is 3. The summed E-state index contributed by atoms with van der Waals surface area (Å²) in [6.07, 6.45) is 0.126. The smallest absolute Gasteiger partial charge is 0.325 e. The van der Waals surface area contributed by atoms with Gasteiger partial charge in [0, 0.05) is 12.0 Å². The standard InChI is InChI=1S/C27H28N4O7S/c28-39(36,37)22-13-11-21(12-14-22)26(34)31-23(15-19-7-3-1-4-8-19)27(35)30-16-24(32)29-17-25(33)38-18-20-9-5-2-6-10-20/h1-14,23H,15-18H2,(H,29,32)(H,30,35)(H,31,34)(H2,28,36,37)/t23-/m1/s1. The first-order valence-corrected chi connectivity index (χ1v) is 13.4. The highest BCUT2D eigenvalue weighted by molar-refractivity contribution is 7.89. The summed E-state index contributed by atoms with van der Waals surface area (Å²) in [4.78, 5) is 49.6. The molecule has 0 unspecified atom stereocenters. The molecule has 5 N–H and O–H groups in total. The van der Waals surface area contributed by atoms with E-state index >= 15 is 0 Å². The monoisotopic (exact) mass is 552 g/mol. The number of carbonyl (C=O) groups is 4. The number of hydrogen-bond donors (Lipinski definition) is 4. The van der Waals surface area contributed by atoms with Gasteiger partial charge in [-0.05, 0) is 35.4 Å². The Morgan fingerprint density at radius 2 is 1.36 bits per heavy atom. The Hall–Kier alpha value is -4.55. The molecule has 3 amide bonds. The van der Waals surface area contributed by atoms with Crippen LogP contribution in [0.15, 0.2) is 89.8 Å². The van der Waals surface area contributed by atoms with E-state index in [0.29, 0.717) is 0 Å². The van der Waals surface area contributed by atoms with Crippen LogP contribution in [0.25, 0.3) is 0 Å². The zero-order chi connectivity index (χ0) is 28.3. The fourth-order valence-electron chi connectivity index (χ4n) is 3.41. The van der Waals surface area contributed by atoms with E-state index < -0.39 is 46.3 Å². The molecule has 39 heavy (non-hydrogen) atoms. The molecule has 12 heteroatoms. The van der Waals surface area contributed by atoms with Gasteiger partial charge in [0.15, 0.2) is 0 Å². The molecular formula is C27H28N4O7S. The fraction of sp³-hybridized carbons (Fsp3) is 0.185. The Labute approximate surface area is 225 Å². The molecule has 0 saturated carbocycles. The number of nitrogens with one attached hydrogen (secondary N) is 3. The lowest BCUT2D eigenvalue weighted by atomic mass is 10.0. The van der Waals surface area contributed by atoms with Crippen molar-refractivity contribution in [2.45, 2.75) is 24.0 Å². The molecule has 0 spiro atoms. The lowest BCUT2D eigenvalue weighted by Gasteiger charge is -2.19. The van der Waals surface area contributed by atoms with Crippen molar-refractivity contribution in [2.24, 2.45) is 5.14 Å². The van der Waals surface area contributed by atoms with Crippen LogP contribution in [0.3, 0.4) is 0 Å². The van der Waals surface area contributed by atoms with Gasteiger partial charge in [-0.1, -0.05) is 60.7 Å². The van der Waals surface area contributed by atoms with Crippen molar-refractivity contribution >= 4 is 33.7 Å². The van der Waals surface area contributed by atoms with Crippen LogP contribution in [0.2, 0.25) is 0 Å². The van der Waals surface area contributed by atoms with E-state index in [1.165, 1.54) is 24.3 Å². The summed E-state index contributed by atoms with van der Waals surface area (Å²) in [5.74, 6) is -2.52. The second kappa shape index (κ2) is 13.8. The molecule has 0 heterocycles. The van der Waals surface area contributed by atoms with Crippen LogP contribution >= 0.6 is 0 Å². The molecular weight excluding hydrogens is 524 g/mol. The maximum atomic E-state index is 12.9. The van der Waals surface area contributed by atoms with Gasteiger partial charge in [-0.2, -0.15) is 0 Å². The van der Waals surface area contributed by atoms with Crippen LogP contribution < -0.4 is 21.1 Å². The second-order valence-corrected chi connectivity index (χ2v) is 9.99. The minimum atomic E-state index is -3.93. The number of ether oxygens (including phenoxy) is 1. The quantitative estimate of drug-likeness (QED) is 0.239. The average Bonchev–Trinajstić information content (AvgIpc) is 2.94. The second-order valence-electron chi connectivity index (χ2n) is 8.43. The topological polar surface area (TPSA) is 174 Å². The number of benzene rings is 3. The minimum absolute atomic E-state index is 0.0674. The number of nitrogens with two attached hydrogens (primary N) is 1. The molecule has 0 aliphatic carbocycles. The van der Waals surface area contributed by atoms with Crippen molar-refractivity contribution < 1.29 is 32.3 Å². The van der Waals surface area contributed by atoms with E-state index in [1.54, 1.807) is 42.5 Å². The molecule has 1 atom stereocenters. The summed E-state index contributed by atoms with van der Waals surface area (Å²) in [7, 11) is -3.93. The summed E-state index contributed by atoms with van der Waals surface area (Å²) < 4.78 is 28.0. The highest BCUT2D eigenvalue weighted by Gasteiger charge is 2.23. The lowest BCUT2D eigenvalue weighted by Crippen LogP contribution is -2.50. The van der Waals surface area contributed by atoms with Crippen LogP contribution in [0.5, 0.6) is 0 Å². The lowest BCUT2D eigenvalue weighted by molar-refractivity contribution is -0.145. The first-order chi connectivity index (χ1) is 18.6. The van der Waals surface area contributed by atoms with Crippen molar-refractivity contribution in [2.75, 3.05) is 13.1 Å². The molecule has 0 fully saturated rings. The molecule has 0 aliphatic rings. The summed E-state index contributed by atoms with van der Waals surface area (Å²) in [6.45, 7) is -0.743. The minimum Gasteiger partial charge on any atom is -0.460 e. The van der Waals surface area contributed by atoms with E-state index in [1.807, 2.05) is 18.2 Å². The molecule has 0 saturated heterocycles. The van der Waals surface area contributed by atoms with E-state index in [-0.39, 0.29) is 30.0 Å². The summed E-state index contributed by atoms with van der Waals surface area (Å²) in [5.41, 5.74) is 1.67. The van der Waals surface area contributed by atoms with Gasteiger partial charge in [-0.15, -0.1) is 0 Å². The van der Waals surface area contributed by atoms with Gasteiger partial charge in [0.1, 0.15) is 19.2 Å². The van der Waals surface area contributed by atoms with Crippen molar-refractivity contribution in [1.82, 2.24) is 16.0 Å². The van der Waals surface area contributed by atoms with Crippen LogP contribution in [-0.2, 0) is 42.2 Å². The van der Waals surface area contributed by atoms with Crippen LogP contribution in [-0.4, -0.2) is 51.2 Å². The van der Waals surface area contributed by atoms with Gasteiger partial charge in [0.05, 0.1) is 11.4 Å². The highest BCUT2D eigenvalue weighted by atomic mass is 32.2. The average molecular weight is 553 g/mol. The van der Waals surface area contributed by atoms with E-state index in [4.69, 9.17) is 9.88 Å². The largest absolute Gasteiger partial charge is 0.460 e.